The van der Waals surface area contributed by atoms with Crippen LogP contribution < -0.4 is 9.64 Å². The lowest BCUT2D eigenvalue weighted by Crippen LogP contribution is -2.46. The molecule has 2 N–H and O–H groups in total. The van der Waals surface area contributed by atoms with Crippen molar-refractivity contribution in [2.75, 3.05) is 37.6 Å². The third-order valence-electron chi connectivity index (χ3n) is 6.84. The van der Waals surface area contributed by atoms with Crippen molar-refractivity contribution in [1.29, 1.82) is 0 Å². The third kappa shape index (κ3) is 4.64. The summed E-state index contributed by atoms with van der Waals surface area (Å²) in [6.45, 7) is 9.25. The molecule has 1 aromatic carbocycles. The number of fused-ring (bicyclic) bond motifs is 2. The first-order chi connectivity index (χ1) is 16.4. The van der Waals surface area contributed by atoms with Crippen LogP contribution in [0.1, 0.15) is 31.4 Å². The van der Waals surface area contributed by atoms with Crippen LogP contribution in [-0.2, 0) is 39.1 Å². The molecule has 3 heterocycles. The van der Waals surface area contributed by atoms with Gasteiger partial charge in [-0.2, -0.15) is 4.21 Å². The average molecular weight is 492 g/mol. The van der Waals surface area contributed by atoms with E-state index < -0.39 is 11.4 Å². The molecule has 3 aliphatic rings. The minimum atomic E-state index is -1.75. The highest BCUT2D eigenvalue weighted by molar-refractivity contribution is 7.75. The molecule has 2 saturated heterocycles. The molecule has 5 rings (SSSR count). The lowest BCUT2D eigenvalue weighted by molar-refractivity contribution is 0.144. The van der Waals surface area contributed by atoms with Gasteiger partial charge in [-0.1, -0.05) is 12.1 Å². The number of para-hydroxylation sites is 2. The van der Waals surface area contributed by atoms with Gasteiger partial charge in [-0.25, -0.2) is 0 Å². The molecule has 2 unspecified atom stereocenters. The highest BCUT2D eigenvalue weighted by Crippen LogP contribution is 2.42. The summed E-state index contributed by atoms with van der Waals surface area (Å²) in [4.78, 5) is 4.79. The van der Waals surface area contributed by atoms with E-state index >= 15 is 0 Å². The van der Waals surface area contributed by atoms with E-state index in [0.29, 0.717) is 30.5 Å². The second-order valence-electron chi connectivity index (χ2n) is 9.45. The molecule has 10 heteroatoms. The van der Waals surface area contributed by atoms with Crippen molar-refractivity contribution < 1.29 is 27.5 Å². The quantitative estimate of drug-likeness (QED) is 0.610. The zero-order valence-electron chi connectivity index (χ0n) is 19.7. The SMILES string of the molecule is CC(C)Oc1ccccc1N1CCN(CCCn2c(O)c3c(c2O)CC2OS(=O)OC2C3)CC1. The van der Waals surface area contributed by atoms with Gasteiger partial charge in [-0.3, -0.25) is 17.8 Å². The zero-order valence-corrected chi connectivity index (χ0v) is 20.5. The van der Waals surface area contributed by atoms with Gasteiger partial charge >= 0.3 is 11.4 Å². The van der Waals surface area contributed by atoms with Crippen molar-refractivity contribution in [3.63, 3.8) is 0 Å². The summed E-state index contributed by atoms with van der Waals surface area (Å²) in [5.74, 6) is 1.09. The largest absolute Gasteiger partial charge is 0.494 e. The Morgan fingerprint density at radius 3 is 2.24 bits per heavy atom. The Hall–Kier alpha value is -2.27. The van der Waals surface area contributed by atoms with Crippen LogP contribution in [0.5, 0.6) is 17.5 Å². The van der Waals surface area contributed by atoms with Crippen molar-refractivity contribution in [2.45, 2.75) is 58.0 Å². The topological polar surface area (TPSA) is 96.6 Å². The number of anilines is 1. The summed E-state index contributed by atoms with van der Waals surface area (Å²) in [6, 6.07) is 8.21. The Morgan fingerprint density at radius 1 is 1.00 bits per heavy atom. The second-order valence-corrected chi connectivity index (χ2v) is 10.2. The van der Waals surface area contributed by atoms with E-state index in [2.05, 4.69) is 21.9 Å². The van der Waals surface area contributed by atoms with Crippen molar-refractivity contribution in [1.82, 2.24) is 9.47 Å². The Balaban J connectivity index is 1.14. The maximum atomic E-state index is 11.5. The molecule has 2 fully saturated rings. The van der Waals surface area contributed by atoms with E-state index in [0.717, 1.165) is 50.6 Å². The number of nitrogens with zero attached hydrogens (tertiary/aromatic N) is 3. The molecule has 186 valence electrons. The van der Waals surface area contributed by atoms with Crippen molar-refractivity contribution in [3.8, 4) is 17.5 Å². The predicted octanol–water partition coefficient (Wildman–Crippen LogP) is 2.36. The number of hydrogen-bond donors (Lipinski definition) is 2. The van der Waals surface area contributed by atoms with Gasteiger partial charge in [0.15, 0.2) is 11.8 Å². The molecule has 0 spiro atoms. The van der Waals surface area contributed by atoms with Gasteiger partial charge in [0.1, 0.15) is 18.0 Å². The summed E-state index contributed by atoms with van der Waals surface area (Å²) in [5.41, 5.74) is 2.50. The summed E-state index contributed by atoms with van der Waals surface area (Å²) in [6.07, 6.45) is 1.04. The van der Waals surface area contributed by atoms with Crippen LogP contribution in [0.15, 0.2) is 24.3 Å². The summed E-state index contributed by atoms with van der Waals surface area (Å²) in [5, 5.41) is 21.5. The summed E-state index contributed by atoms with van der Waals surface area (Å²) >= 11 is -1.75. The molecule has 2 atom stereocenters. The van der Waals surface area contributed by atoms with E-state index in [1.807, 2.05) is 26.0 Å². The maximum Gasteiger partial charge on any atom is 0.305 e. The van der Waals surface area contributed by atoms with E-state index in [1.54, 1.807) is 4.57 Å². The normalized spacial score (nSPS) is 24.9. The van der Waals surface area contributed by atoms with Crippen LogP contribution >= 0.6 is 0 Å². The van der Waals surface area contributed by atoms with Gasteiger partial charge in [0.2, 0.25) is 0 Å². The monoisotopic (exact) mass is 491 g/mol. The van der Waals surface area contributed by atoms with Crippen molar-refractivity contribution in [3.05, 3.63) is 35.4 Å². The van der Waals surface area contributed by atoms with Gasteiger partial charge < -0.3 is 19.8 Å². The molecule has 0 amide bonds. The van der Waals surface area contributed by atoms with Crippen LogP contribution in [0.3, 0.4) is 0 Å². The second kappa shape index (κ2) is 9.77. The first-order valence-electron chi connectivity index (χ1n) is 12.0. The van der Waals surface area contributed by atoms with Crippen LogP contribution in [-0.4, -0.2) is 74.9 Å². The maximum absolute atomic E-state index is 11.5. The van der Waals surface area contributed by atoms with Gasteiger partial charge in [0, 0.05) is 56.7 Å². The van der Waals surface area contributed by atoms with Gasteiger partial charge in [-0.05, 0) is 38.9 Å². The fourth-order valence-corrected chi connectivity index (χ4v) is 5.99. The summed E-state index contributed by atoms with van der Waals surface area (Å²) in [7, 11) is 0. The minimum Gasteiger partial charge on any atom is -0.494 e. The van der Waals surface area contributed by atoms with Crippen LogP contribution in [0.25, 0.3) is 0 Å². The number of rotatable bonds is 7. The van der Waals surface area contributed by atoms with Crippen molar-refractivity contribution in [2.24, 2.45) is 0 Å². The molecule has 1 aliphatic carbocycles. The molecule has 0 saturated carbocycles. The van der Waals surface area contributed by atoms with Gasteiger partial charge in [0.05, 0.1) is 11.8 Å². The predicted molar refractivity (Wildman–Crippen MR) is 129 cm³/mol. The van der Waals surface area contributed by atoms with Crippen LogP contribution in [0.4, 0.5) is 5.69 Å². The summed E-state index contributed by atoms with van der Waals surface area (Å²) < 4.78 is 29.6. The number of ether oxygens (including phenoxy) is 1. The highest BCUT2D eigenvalue weighted by atomic mass is 32.2. The van der Waals surface area contributed by atoms with Gasteiger partial charge in [0.25, 0.3) is 0 Å². The average Bonchev–Trinajstić information content (AvgIpc) is 3.29. The molecule has 0 bridgehead atoms. The number of hydrogen-bond acceptors (Lipinski definition) is 8. The Bertz CT molecular complexity index is 1010. The molecule has 1 aromatic heterocycles. The van der Waals surface area contributed by atoms with E-state index in [-0.39, 0.29) is 30.1 Å². The minimum absolute atomic E-state index is 0.0822. The smallest absolute Gasteiger partial charge is 0.305 e. The van der Waals surface area contributed by atoms with Gasteiger partial charge in [-0.15, -0.1) is 0 Å². The molecule has 34 heavy (non-hydrogen) atoms. The highest BCUT2D eigenvalue weighted by Gasteiger charge is 2.42. The standard InChI is InChI=1S/C24H33N3O6S/c1-16(2)31-20-7-4-3-6-19(20)26-12-10-25(11-13-26)8-5-9-27-23(28)17-14-21-22(33-34(30)32-21)15-18(17)24(27)29/h3-4,6-7,16,21-22,28-29H,5,8-15H2,1-2H3. The van der Waals surface area contributed by atoms with Crippen molar-refractivity contribution >= 4 is 17.0 Å². The Morgan fingerprint density at radius 2 is 1.62 bits per heavy atom. The molecular weight excluding hydrogens is 458 g/mol. The number of piperazine rings is 1. The lowest BCUT2D eigenvalue weighted by atomic mass is 9.90. The van der Waals surface area contributed by atoms with E-state index in [9.17, 15) is 14.4 Å². The molecule has 2 aromatic rings. The molecular formula is C24H33N3O6S. The molecule has 9 nitrogen and oxygen atoms in total. The zero-order chi connectivity index (χ0) is 23.8. The first kappa shape index (κ1) is 23.5. The number of aromatic nitrogens is 1. The molecule has 0 radical (unpaired) electrons. The Kier molecular flexibility index (Phi) is 6.74. The first-order valence-corrected chi connectivity index (χ1v) is 13.0. The number of aromatic hydroxyl groups is 2. The molecule has 2 aliphatic heterocycles. The van der Waals surface area contributed by atoms with E-state index in [1.165, 1.54) is 0 Å². The van der Waals surface area contributed by atoms with E-state index in [4.69, 9.17) is 13.1 Å². The fraction of sp³-hybridized carbons (Fsp3) is 0.583. The third-order valence-corrected chi connectivity index (χ3v) is 7.65. The Labute approximate surface area is 202 Å². The van der Waals surface area contributed by atoms with Crippen LogP contribution in [0, 0.1) is 0 Å². The number of benzene rings is 1. The fourth-order valence-electron chi connectivity index (χ4n) is 5.16. The lowest BCUT2D eigenvalue weighted by Gasteiger charge is -2.37. The van der Waals surface area contributed by atoms with Crippen LogP contribution in [0.2, 0.25) is 0 Å².